The van der Waals surface area contributed by atoms with Crippen molar-refractivity contribution < 1.29 is 35.5 Å². The molecule has 3 heterocycles. The maximum absolute atomic E-state index is 14.2. The van der Waals surface area contributed by atoms with Crippen LogP contribution in [0.5, 0.6) is 5.88 Å². The summed E-state index contributed by atoms with van der Waals surface area (Å²) in [4.78, 5) is 3.52. The standard InChI is InChI=1S/C16H10F7N5O/c1-14(18,19)13-26-25-11-3-2-9(27-28(11)13)7-4-8(17)12(24-6-7)29-10-5-15(20,21)16(10,22)23/h2-4,6,10H,5H2,1H3/t10-/m0/s1. The quantitative estimate of drug-likeness (QED) is 0.599. The van der Waals surface area contributed by atoms with Gasteiger partial charge in [-0.05, 0) is 18.2 Å². The minimum Gasteiger partial charge on any atom is -0.465 e. The molecule has 1 atom stereocenters. The van der Waals surface area contributed by atoms with E-state index in [0.29, 0.717) is 6.92 Å². The third-order valence-electron chi connectivity index (χ3n) is 4.35. The highest BCUT2D eigenvalue weighted by molar-refractivity contribution is 5.59. The van der Waals surface area contributed by atoms with E-state index in [4.69, 9.17) is 0 Å². The Balaban J connectivity index is 1.63. The van der Waals surface area contributed by atoms with Crippen LogP contribution >= 0.6 is 0 Å². The van der Waals surface area contributed by atoms with Crippen molar-refractivity contribution in [2.24, 2.45) is 0 Å². The topological polar surface area (TPSA) is 65.2 Å². The first kappa shape index (κ1) is 19.3. The predicted molar refractivity (Wildman–Crippen MR) is 82.5 cm³/mol. The molecule has 1 aliphatic rings. The molecule has 3 aromatic rings. The third kappa shape index (κ3) is 3.04. The van der Waals surface area contributed by atoms with Gasteiger partial charge >= 0.3 is 17.8 Å². The number of pyridine rings is 1. The number of aromatic nitrogens is 5. The minimum absolute atomic E-state index is 0.00116. The van der Waals surface area contributed by atoms with Gasteiger partial charge in [-0.2, -0.15) is 36.0 Å². The maximum atomic E-state index is 14.2. The van der Waals surface area contributed by atoms with E-state index in [1.807, 2.05) is 0 Å². The van der Waals surface area contributed by atoms with E-state index in [1.165, 1.54) is 12.1 Å². The number of nitrogens with zero attached hydrogens (tertiary/aromatic N) is 5. The number of rotatable bonds is 4. The smallest absolute Gasteiger partial charge is 0.346 e. The highest BCUT2D eigenvalue weighted by Crippen LogP contribution is 2.52. The first-order valence-electron chi connectivity index (χ1n) is 8.09. The predicted octanol–water partition coefficient (Wildman–Crippen LogP) is 3.86. The molecule has 1 fully saturated rings. The molecule has 4 rings (SSSR count). The second-order valence-corrected chi connectivity index (χ2v) is 6.55. The lowest BCUT2D eigenvalue weighted by molar-refractivity contribution is -0.324. The largest absolute Gasteiger partial charge is 0.465 e. The van der Waals surface area contributed by atoms with E-state index in [9.17, 15) is 30.7 Å². The molecule has 6 nitrogen and oxygen atoms in total. The van der Waals surface area contributed by atoms with Crippen LogP contribution < -0.4 is 4.74 Å². The second kappa shape index (κ2) is 6.00. The Hall–Kier alpha value is -2.99. The molecule has 0 aliphatic heterocycles. The highest BCUT2D eigenvalue weighted by atomic mass is 19.3. The molecule has 0 N–H and O–H groups in total. The van der Waals surface area contributed by atoms with Crippen LogP contribution in [0, 0.1) is 5.82 Å². The van der Waals surface area contributed by atoms with E-state index < -0.39 is 47.8 Å². The Morgan fingerprint density at radius 2 is 1.90 bits per heavy atom. The molecule has 1 saturated carbocycles. The summed E-state index contributed by atoms with van der Waals surface area (Å²) in [6.45, 7) is 0.602. The number of hydrogen-bond acceptors (Lipinski definition) is 5. The number of ether oxygens (including phenoxy) is 1. The zero-order valence-corrected chi connectivity index (χ0v) is 14.4. The van der Waals surface area contributed by atoms with Crippen molar-refractivity contribution in [1.82, 2.24) is 24.8 Å². The van der Waals surface area contributed by atoms with Crippen LogP contribution in [-0.2, 0) is 5.92 Å². The van der Waals surface area contributed by atoms with Crippen LogP contribution in [0.4, 0.5) is 30.7 Å². The van der Waals surface area contributed by atoms with Crippen molar-refractivity contribution in [3.8, 4) is 17.1 Å². The zero-order valence-electron chi connectivity index (χ0n) is 14.4. The van der Waals surface area contributed by atoms with E-state index in [2.05, 4.69) is 25.0 Å². The molecule has 154 valence electrons. The van der Waals surface area contributed by atoms with E-state index in [0.717, 1.165) is 16.8 Å². The van der Waals surface area contributed by atoms with E-state index in [1.54, 1.807) is 0 Å². The normalized spacial score (nSPS) is 20.5. The Morgan fingerprint density at radius 1 is 1.17 bits per heavy atom. The fourth-order valence-corrected chi connectivity index (χ4v) is 2.72. The number of halogens is 7. The summed E-state index contributed by atoms with van der Waals surface area (Å²) in [6.07, 6.45) is -2.51. The molecular weight excluding hydrogens is 411 g/mol. The molecule has 0 unspecified atom stereocenters. The Kier molecular flexibility index (Phi) is 4.00. The van der Waals surface area contributed by atoms with Crippen LogP contribution in [0.25, 0.3) is 16.9 Å². The van der Waals surface area contributed by atoms with Crippen molar-refractivity contribution in [2.45, 2.75) is 37.2 Å². The SMILES string of the molecule is CC(F)(F)c1nnc2ccc(-c3cnc(O[C@H]4CC(F)(F)C4(F)F)c(F)c3)nn12. The molecule has 13 heteroatoms. The molecule has 0 bridgehead atoms. The summed E-state index contributed by atoms with van der Waals surface area (Å²) in [5.74, 6) is -14.9. The lowest BCUT2D eigenvalue weighted by Crippen LogP contribution is -2.64. The maximum Gasteiger partial charge on any atom is 0.346 e. The van der Waals surface area contributed by atoms with Crippen LogP contribution in [-0.4, -0.2) is 42.7 Å². The summed E-state index contributed by atoms with van der Waals surface area (Å²) in [5.41, 5.74) is 0.0228. The summed E-state index contributed by atoms with van der Waals surface area (Å²) in [6, 6.07) is 3.45. The zero-order chi connectivity index (χ0) is 21.2. The van der Waals surface area contributed by atoms with Crippen molar-refractivity contribution in [2.75, 3.05) is 0 Å². The second-order valence-electron chi connectivity index (χ2n) is 6.55. The molecule has 0 aromatic carbocycles. The van der Waals surface area contributed by atoms with Crippen LogP contribution in [0.1, 0.15) is 19.2 Å². The average molecular weight is 421 g/mol. The van der Waals surface area contributed by atoms with Crippen LogP contribution in [0.3, 0.4) is 0 Å². The Bertz CT molecular complexity index is 1090. The summed E-state index contributed by atoms with van der Waals surface area (Å²) >= 11 is 0. The van der Waals surface area contributed by atoms with Gasteiger partial charge in [0.25, 0.3) is 5.88 Å². The summed E-state index contributed by atoms with van der Waals surface area (Å²) in [5, 5.41) is 10.8. The number of alkyl halides is 6. The Labute approximate surface area is 157 Å². The van der Waals surface area contributed by atoms with Crippen LogP contribution in [0.2, 0.25) is 0 Å². The van der Waals surface area contributed by atoms with Gasteiger partial charge in [-0.25, -0.2) is 9.37 Å². The highest BCUT2D eigenvalue weighted by Gasteiger charge is 2.73. The van der Waals surface area contributed by atoms with Gasteiger partial charge in [-0.1, -0.05) is 0 Å². The van der Waals surface area contributed by atoms with Crippen molar-refractivity contribution in [3.05, 3.63) is 36.0 Å². The van der Waals surface area contributed by atoms with Crippen molar-refractivity contribution in [1.29, 1.82) is 0 Å². The van der Waals surface area contributed by atoms with Gasteiger partial charge in [0.1, 0.15) is 0 Å². The molecule has 0 amide bonds. The molecule has 29 heavy (non-hydrogen) atoms. The van der Waals surface area contributed by atoms with Gasteiger partial charge in [-0.15, -0.1) is 10.2 Å². The minimum atomic E-state index is -4.44. The summed E-state index contributed by atoms with van der Waals surface area (Å²) < 4.78 is 99.0. The third-order valence-corrected chi connectivity index (χ3v) is 4.35. The van der Waals surface area contributed by atoms with E-state index >= 15 is 0 Å². The molecule has 1 aliphatic carbocycles. The molecular formula is C16H10F7N5O. The molecule has 0 radical (unpaired) electrons. The first-order chi connectivity index (χ1) is 13.4. The lowest BCUT2D eigenvalue weighted by atomic mass is 9.85. The van der Waals surface area contributed by atoms with Gasteiger partial charge in [0, 0.05) is 18.7 Å². The average Bonchev–Trinajstić information content (AvgIpc) is 3.06. The van der Waals surface area contributed by atoms with Crippen LogP contribution in [0.15, 0.2) is 24.4 Å². The van der Waals surface area contributed by atoms with Gasteiger partial charge in [0.05, 0.1) is 12.1 Å². The number of hydrogen-bond donors (Lipinski definition) is 0. The molecule has 0 spiro atoms. The lowest BCUT2D eigenvalue weighted by Gasteiger charge is -2.42. The monoisotopic (exact) mass is 421 g/mol. The first-order valence-corrected chi connectivity index (χ1v) is 8.09. The van der Waals surface area contributed by atoms with Gasteiger partial charge in [-0.3, -0.25) is 0 Å². The van der Waals surface area contributed by atoms with Crippen molar-refractivity contribution >= 4 is 5.65 Å². The molecule has 3 aromatic heterocycles. The Morgan fingerprint density at radius 3 is 2.48 bits per heavy atom. The van der Waals surface area contributed by atoms with E-state index in [-0.39, 0.29) is 16.9 Å². The molecule has 0 saturated heterocycles. The van der Waals surface area contributed by atoms with Gasteiger partial charge < -0.3 is 4.74 Å². The fraction of sp³-hybridized carbons (Fsp3) is 0.375. The van der Waals surface area contributed by atoms with Crippen molar-refractivity contribution in [3.63, 3.8) is 0 Å². The van der Waals surface area contributed by atoms with Gasteiger partial charge in [0.15, 0.2) is 17.6 Å². The fourth-order valence-electron chi connectivity index (χ4n) is 2.72. The summed E-state index contributed by atoms with van der Waals surface area (Å²) in [7, 11) is 0. The van der Waals surface area contributed by atoms with Gasteiger partial charge in [0.2, 0.25) is 5.82 Å². The number of fused-ring (bicyclic) bond motifs is 1.